The van der Waals surface area contributed by atoms with Crippen LogP contribution in [-0.2, 0) is 11.2 Å². The first-order valence-corrected chi connectivity index (χ1v) is 6.96. The number of rotatable bonds is 2. The molecule has 3 N–H and O–H groups in total. The first-order chi connectivity index (χ1) is 9.52. The molecule has 0 unspecified atom stereocenters. The number of likely N-dealkylation sites (tertiary alicyclic amines) is 1. The first-order valence-electron chi connectivity index (χ1n) is 6.96. The van der Waals surface area contributed by atoms with Crippen LogP contribution in [0.4, 0.5) is 4.79 Å². The Morgan fingerprint density at radius 1 is 1.45 bits per heavy atom. The second kappa shape index (κ2) is 4.75. The van der Waals surface area contributed by atoms with Gasteiger partial charge >= 0.3 is 6.03 Å². The highest BCUT2D eigenvalue weighted by atomic mass is 16.5. The molecule has 0 radical (unpaired) electrons. The molecule has 0 saturated carbocycles. The Labute approximate surface area is 119 Å². The molecule has 1 aromatic rings. The predicted octanol–water partition coefficient (Wildman–Crippen LogP) is 1.04. The van der Waals surface area contributed by atoms with Gasteiger partial charge in [0.25, 0.3) is 0 Å². The number of fused-ring (bicyclic) bond motifs is 1. The maximum absolute atomic E-state index is 12.2. The van der Waals surface area contributed by atoms with Crippen molar-refractivity contribution in [1.29, 1.82) is 0 Å². The van der Waals surface area contributed by atoms with E-state index in [2.05, 4.69) is 11.4 Å². The Balaban J connectivity index is 1.59. The molecule has 108 valence electrons. The standard InChI is InChI=1S/C15H21N3O2/c1-15(20-2)8-18(9-15)14(19)17-12-7-10-5-3-4-6-11(10)13(12)16/h3-6,12-13H,7-9,16H2,1-2H3,(H,17,19)/t12-,13-/m1/s1. The average Bonchev–Trinajstić information content (AvgIpc) is 2.72. The normalized spacial score (nSPS) is 26.9. The summed E-state index contributed by atoms with van der Waals surface area (Å²) in [6.07, 6.45) is 0.804. The molecule has 1 aliphatic heterocycles. The fourth-order valence-electron chi connectivity index (χ4n) is 3.05. The lowest BCUT2D eigenvalue weighted by Crippen LogP contribution is -2.65. The largest absolute Gasteiger partial charge is 0.375 e. The summed E-state index contributed by atoms with van der Waals surface area (Å²) in [6, 6.07) is 7.93. The van der Waals surface area contributed by atoms with Crippen LogP contribution in [0.5, 0.6) is 0 Å². The van der Waals surface area contributed by atoms with Crippen molar-refractivity contribution in [3.05, 3.63) is 35.4 Å². The smallest absolute Gasteiger partial charge is 0.317 e. The minimum Gasteiger partial charge on any atom is -0.375 e. The summed E-state index contributed by atoms with van der Waals surface area (Å²) in [5.41, 5.74) is 8.40. The molecule has 1 aliphatic carbocycles. The van der Waals surface area contributed by atoms with Gasteiger partial charge in [-0.2, -0.15) is 0 Å². The lowest BCUT2D eigenvalue weighted by molar-refractivity contribution is -0.0913. The quantitative estimate of drug-likeness (QED) is 0.847. The van der Waals surface area contributed by atoms with Crippen molar-refractivity contribution in [2.24, 2.45) is 5.73 Å². The number of carbonyl (C=O) groups excluding carboxylic acids is 1. The van der Waals surface area contributed by atoms with Crippen molar-refractivity contribution < 1.29 is 9.53 Å². The molecule has 1 fully saturated rings. The summed E-state index contributed by atoms with van der Waals surface area (Å²) in [7, 11) is 1.68. The number of amides is 2. The monoisotopic (exact) mass is 275 g/mol. The Kier molecular flexibility index (Phi) is 3.18. The van der Waals surface area contributed by atoms with Crippen LogP contribution in [0.15, 0.2) is 24.3 Å². The minimum absolute atomic E-state index is 0.0192. The van der Waals surface area contributed by atoms with Crippen LogP contribution in [0, 0.1) is 0 Å². The van der Waals surface area contributed by atoms with Crippen LogP contribution >= 0.6 is 0 Å². The zero-order valence-electron chi connectivity index (χ0n) is 11.9. The topological polar surface area (TPSA) is 67.6 Å². The number of nitrogens with two attached hydrogens (primary N) is 1. The lowest BCUT2D eigenvalue weighted by Gasteiger charge is -2.46. The summed E-state index contributed by atoms with van der Waals surface area (Å²) in [6.45, 7) is 3.27. The average molecular weight is 275 g/mol. The number of hydrogen-bond acceptors (Lipinski definition) is 3. The highest BCUT2D eigenvalue weighted by molar-refractivity contribution is 5.76. The van der Waals surface area contributed by atoms with E-state index < -0.39 is 0 Å². The molecule has 2 amide bonds. The first kappa shape index (κ1) is 13.4. The van der Waals surface area contributed by atoms with Gasteiger partial charge in [-0.15, -0.1) is 0 Å². The van der Waals surface area contributed by atoms with Gasteiger partial charge in [-0.05, 0) is 24.5 Å². The van der Waals surface area contributed by atoms with E-state index >= 15 is 0 Å². The summed E-state index contributed by atoms with van der Waals surface area (Å²) in [4.78, 5) is 13.9. The van der Waals surface area contributed by atoms with Crippen LogP contribution in [-0.4, -0.2) is 42.8 Å². The van der Waals surface area contributed by atoms with Crippen LogP contribution < -0.4 is 11.1 Å². The summed E-state index contributed by atoms with van der Waals surface area (Å²) >= 11 is 0. The fraction of sp³-hybridized carbons (Fsp3) is 0.533. The van der Waals surface area contributed by atoms with Crippen molar-refractivity contribution >= 4 is 6.03 Å². The highest BCUT2D eigenvalue weighted by Gasteiger charge is 2.42. The van der Waals surface area contributed by atoms with Gasteiger partial charge in [-0.3, -0.25) is 0 Å². The van der Waals surface area contributed by atoms with Crippen molar-refractivity contribution in [1.82, 2.24) is 10.2 Å². The van der Waals surface area contributed by atoms with E-state index in [1.54, 1.807) is 12.0 Å². The van der Waals surface area contributed by atoms with E-state index in [0.29, 0.717) is 13.1 Å². The van der Waals surface area contributed by atoms with Crippen molar-refractivity contribution in [3.8, 4) is 0 Å². The van der Waals surface area contributed by atoms with E-state index in [-0.39, 0.29) is 23.7 Å². The number of benzene rings is 1. The van der Waals surface area contributed by atoms with Crippen LogP contribution in [0.2, 0.25) is 0 Å². The Morgan fingerprint density at radius 2 is 2.15 bits per heavy atom. The molecule has 1 saturated heterocycles. The molecule has 0 spiro atoms. The maximum Gasteiger partial charge on any atom is 0.317 e. The molecule has 1 heterocycles. The summed E-state index contributed by atoms with van der Waals surface area (Å²) in [5, 5.41) is 3.05. The van der Waals surface area contributed by atoms with Crippen LogP contribution in [0.1, 0.15) is 24.1 Å². The number of nitrogens with zero attached hydrogens (tertiary/aromatic N) is 1. The second-order valence-electron chi connectivity index (χ2n) is 5.99. The third-order valence-electron chi connectivity index (χ3n) is 4.43. The van der Waals surface area contributed by atoms with Gasteiger partial charge in [-0.1, -0.05) is 24.3 Å². The molecule has 5 nitrogen and oxygen atoms in total. The Morgan fingerprint density at radius 3 is 2.80 bits per heavy atom. The Bertz CT molecular complexity index is 526. The molecule has 0 aromatic heterocycles. The van der Waals surface area contributed by atoms with Gasteiger partial charge in [0.2, 0.25) is 0 Å². The van der Waals surface area contributed by atoms with Gasteiger partial charge in [0.15, 0.2) is 0 Å². The molecule has 2 atom stereocenters. The molecular formula is C15H21N3O2. The molecule has 2 aliphatic rings. The van der Waals surface area contributed by atoms with E-state index in [1.807, 2.05) is 25.1 Å². The number of urea groups is 1. The van der Waals surface area contributed by atoms with Crippen LogP contribution in [0.25, 0.3) is 0 Å². The lowest BCUT2D eigenvalue weighted by atomic mass is 9.97. The maximum atomic E-state index is 12.2. The van der Waals surface area contributed by atoms with E-state index in [0.717, 1.165) is 12.0 Å². The number of methoxy groups -OCH3 is 1. The van der Waals surface area contributed by atoms with Gasteiger partial charge in [0.05, 0.1) is 25.2 Å². The predicted molar refractivity (Wildman–Crippen MR) is 76.4 cm³/mol. The van der Waals surface area contributed by atoms with E-state index in [9.17, 15) is 4.79 Å². The molecule has 20 heavy (non-hydrogen) atoms. The second-order valence-corrected chi connectivity index (χ2v) is 5.99. The third kappa shape index (κ3) is 2.17. The number of nitrogens with one attached hydrogen (secondary N) is 1. The molecule has 3 rings (SSSR count). The Hall–Kier alpha value is -1.59. The zero-order chi connectivity index (χ0) is 14.3. The third-order valence-corrected chi connectivity index (χ3v) is 4.43. The molecular weight excluding hydrogens is 254 g/mol. The minimum atomic E-state index is -0.196. The number of ether oxygens (including phenoxy) is 1. The van der Waals surface area contributed by atoms with Crippen LogP contribution in [0.3, 0.4) is 0 Å². The van der Waals surface area contributed by atoms with Crippen molar-refractivity contribution in [2.45, 2.75) is 31.0 Å². The van der Waals surface area contributed by atoms with Gasteiger partial charge < -0.3 is 20.7 Å². The summed E-state index contributed by atoms with van der Waals surface area (Å²) in [5.74, 6) is 0. The fourth-order valence-corrected chi connectivity index (χ4v) is 3.05. The van der Waals surface area contributed by atoms with Gasteiger partial charge in [0.1, 0.15) is 5.60 Å². The van der Waals surface area contributed by atoms with Gasteiger partial charge in [0, 0.05) is 7.11 Å². The highest BCUT2D eigenvalue weighted by Crippen LogP contribution is 2.30. The van der Waals surface area contributed by atoms with E-state index in [1.165, 1.54) is 5.56 Å². The molecule has 0 bridgehead atoms. The van der Waals surface area contributed by atoms with Crippen molar-refractivity contribution in [2.75, 3.05) is 20.2 Å². The SMILES string of the molecule is COC1(C)CN(C(=O)N[C@@H]2Cc3ccccc3[C@H]2N)C1. The number of carbonyl (C=O) groups is 1. The zero-order valence-corrected chi connectivity index (χ0v) is 11.9. The van der Waals surface area contributed by atoms with Crippen molar-refractivity contribution in [3.63, 3.8) is 0 Å². The molecule has 5 heteroatoms. The van der Waals surface area contributed by atoms with E-state index in [4.69, 9.17) is 10.5 Å². The summed E-state index contributed by atoms with van der Waals surface area (Å²) < 4.78 is 5.35. The molecule has 1 aromatic carbocycles. The van der Waals surface area contributed by atoms with Gasteiger partial charge in [-0.25, -0.2) is 4.79 Å². The number of hydrogen-bond donors (Lipinski definition) is 2.